The van der Waals surface area contributed by atoms with E-state index in [0.29, 0.717) is 5.75 Å². The van der Waals surface area contributed by atoms with Crippen LogP contribution in [0.3, 0.4) is 0 Å². The van der Waals surface area contributed by atoms with Crippen molar-refractivity contribution in [3.63, 3.8) is 0 Å². The first-order chi connectivity index (χ1) is 13.7. The monoisotopic (exact) mass is 408 g/mol. The van der Waals surface area contributed by atoms with Crippen molar-refractivity contribution in [2.24, 2.45) is 0 Å². The van der Waals surface area contributed by atoms with Crippen molar-refractivity contribution >= 4 is 21.8 Å². The fourth-order valence-electron chi connectivity index (χ4n) is 2.75. The van der Waals surface area contributed by atoms with Crippen LogP contribution < -0.4 is 9.46 Å². The lowest BCUT2D eigenvalue weighted by atomic mass is 9.86. The van der Waals surface area contributed by atoms with Gasteiger partial charge in [-0.15, -0.1) is 0 Å². The normalized spacial score (nSPS) is 12.1. The zero-order chi connectivity index (χ0) is 20.9. The molecule has 0 amide bonds. The molecule has 2 aromatic carbocycles. The summed E-state index contributed by atoms with van der Waals surface area (Å²) in [7, 11) is -3.74. The maximum Gasteiger partial charge on any atom is 0.255 e. The summed E-state index contributed by atoms with van der Waals surface area (Å²) in [5.41, 5.74) is 1.93. The number of hydrogen-bond acceptors (Lipinski definition) is 4. The molecule has 0 aliphatic heterocycles. The van der Waals surface area contributed by atoms with Crippen LogP contribution >= 0.6 is 0 Å². The third-order valence-corrected chi connectivity index (χ3v) is 5.16. The molecular formula is C23H24N2O3S. The molecule has 150 valence electrons. The number of anilines is 1. The van der Waals surface area contributed by atoms with Crippen LogP contribution in [0.15, 0.2) is 78.3 Å². The number of pyridine rings is 1. The lowest BCUT2D eigenvalue weighted by molar-refractivity contribution is 0.442. The number of aromatic nitrogens is 1. The van der Waals surface area contributed by atoms with E-state index in [0.717, 1.165) is 16.5 Å². The Morgan fingerprint density at radius 3 is 2.34 bits per heavy atom. The molecule has 6 heteroatoms. The van der Waals surface area contributed by atoms with Crippen LogP contribution in [-0.2, 0) is 15.4 Å². The van der Waals surface area contributed by atoms with Gasteiger partial charge in [-0.3, -0.25) is 4.72 Å². The van der Waals surface area contributed by atoms with Gasteiger partial charge in [0.1, 0.15) is 11.4 Å². The molecular weight excluding hydrogens is 384 g/mol. The molecule has 0 bridgehead atoms. The van der Waals surface area contributed by atoms with Crippen LogP contribution in [0.2, 0.25) is 0 Å². The number of hydrogen-bond donors (Lipinski definition) is 1. The minimum absolute atomic E-state index is 0.135. The molecule has 0 saturated heterocycles. The Kier molecular flexibility index (Phi) is 6.03. The average molecular weight is 409 g/mol. The zero-order valence-electron chi connectivity index (χ0n) is 16.7. The molecule has 5 nitrogen and oxygen atoms in total. The molecule has 1 heterocycles. The lowest BCUT2D eigenvalue weighted by Gasteiger charge is -2.22. The maximum absolute atomic E-state index is 12.5. The minimum atomic E-state index is -3.74. The summed E-state index contributed by atoms with van der Waals surface area (Å²) in [6, 6.07) is 20.2. The second-order valence-corrected chi connectivity index (χ2v) is 9.13. The van der Waals surface area contributed by atoms with Crippen LogP contribution in [0.1, 0.15) is 31.9 Å². The number of ether oxygens (including phenoxy) is 1. The summed E-state index contributed by atoms with van der Waals surface area (Å²) >= 11 is 0. The fraction of sp³-hybridized carbons (Fsp3) is 0.174. The van der Waals surface area contributed by atoms with Gasteiger partial charge in [0.2, 0.25) is 5.88 Å². The van der Waals surface area contributed by atoms with Crippen molar-refractivity contribution in [3.8, 4) is 11.6 Å². The quantitative estimate of drug-likeness (QED) is 0.578. The van der Waals surface area contributed by atoms with Crippen molar-refractivity contribution in [2.45, 2.75) is 26.2 Å². The first-order valence-electron chi connectivity index (χ1n) is 9.23. The van der Waals surface area contributed by atoms with Gasteiger partial charge in [0.05, 0.1) is 5.41 Å². The molecule has 0 aliphatic rings. The molecule has 29 heavy (non-hydrogen) atoms. The van der Waals surface area contributed by atoms with Crippen LogP contribution in [0.5, 0.6) is 11.6 Å². The van der Waals surface area contributed by atoms with E-state index >= 15 is 0 Å². The lowest BCUT2D eigenvalue weighted by Crippen LogP contribution is -2.13. The third kappa shape index (κ3) is 5.68. The summed E-state index contributed by atoms with van der Waals surface area (Å²) in [6.45, 7) is 6.27. The number of nitrogens with one attached hydrogen (secondary N) is 1. The van der Waals surface area contributed by atoms with Gasteiger partial charge in [0.25, 0.3) is 10.0 Å². The van der Waals surface area contributed by atoms with Crippen molar-refractivity contribution < 1.29 is 13.2 Å². The number of benzene rings is 2. The average Bonchev–Trinajstić information content (AvgIpc) is 2.68. The highest BCUT2D eigenvalue weighted by molar-refractivity contribution is 7.95. The van der Waals surface area contributed by atoms with Gasteiger partial charge in [-0.2, -0.15) is 0 Å². The second kappa shape index (κ2) is 8.49. The van der Waals surface area contributed by atoms with Crippen LogP contribution in [-0.4, -0.2) is 13.4 Å². The Morgan fingerprint density at radius 1 is 0.931 bits per heavy atom. The predicted molar refractivity (Wildman–Crippen MR) is 117 cm³/mol. The predicted octanol–water partition coefficient (Wildman–Crippen LogP) is 5.58. The van der Waals surface area contributed by atoms with E-state index in [1.54, 1.807) is 18.3 Å². The van der Waals surface area contributed by atoms with Crippen LogP contribution in [0.25, 0.3) is 6.08 Å². The van der Waals surface area contributed by atoms with Gasteiger partial charge in [0.15, 0.2) is 0 Å². The van der Waals surface area contributed by atoms with E-state index in [1.165, 1.54) is 6.08 Å². The molecule has 0 spiro atoms. The van der Waals surface area contributed by atoms with Crippen molar-refractivity contribution in [1.82, 2.24) is 4.98 Å². The molecule has 0 atom stereocenters. The SMILES string of the molecule is CC(C)(C)c1ccccc1Oc1ncccc1NS(=O)(=O)/C=C/c1ccccc1. The Hall–Kier alpha value is -3.12. The van der Waals surface area contributed by atoms with Gasteiger partial charge < -0.3 is 4.74 Å². The zero-order valence-corrected chi connectivity index (χ0v) is 17.5. The number of nitrogens with zero attached hydrogens (tertiary/aromatic N) is 1. The fourth-order valence-corrected chi connectivity index (χ4v) is 3.62. The highest BCUT2D eigenvalue weighted by Gasteiger charge is 2.20. The Morgan fingerprint density at radius 2 is 1.62 bits per heavy atom. The smallest absolute Gasteiger partial charge is 0.255 e. The first kappa shape index (κ1) is 20.6. The minimum Gasteiger partial charge on any atom is -0.437 e. The second-order valence-electron chi connectivity index (χ2n) is 7.56. The van der Waals surface area contributed by atoms with E-state index in [4.69, 9.17) is 4.74 Å². The molecule has 1 aromatic heterocycles. The molecule has 1 N–H and O–H groups in total. The van der Waals surface area contributed by atoms with E-state index < -0.39 is 10.0 Å². The van der Waals surface area contributed by atoms with E-state index in [1.807, 2.05) is 54.6 Å². The highest BCUT2D eigenvalue weighted by atomic mass is 32.2. The molecule has 0 radical (unpaired) electrons. The third-order valence-electron chi connectivity index (χ3n) is 4.16. The van der Waals surface area contributed by atoms with Gasteiger partial charge in [-0.05, 0) is 35.3 Å². The first-order valence-corrected chi connectivity index (χ1v) is 10.8. The molecule has 3 aromatic rings. The van der Waals surface area contributed by atoms with E-state index in [9.17, 15) is 8.42 Å². The van der Waals surface area contributed by atoms with E-state index in [-0.39, 0.29) is 17.0 Å². The number of sulfonamides is 1. The molecule has 0 fully saturated rings. The topological polar surface area (TPSA) is 68.3 Å². The summed E-state index contributed by atoms with van der Waals surface area (Å²) in [5.74, 6) is 0.833. The number of para-hydroxylation sites is 1. The van der Waals surface area contributed by atoms with E-state index in [2.05, 4.69) is 30.5 Å². The standard InChI is InChI=1S/C23H24N2O3S/c1-23(2,3)19-12-7-8-14-21(19)28-22-20(13-9-16-24-22)25-29(26,27)17-15-18-10-5-4-6-11-18/h4-17,25H,1-3H3/b17-15+. The Labute approximate surface area is 172 Å². The van der Waals surface area contributed by atoms with Crippen molar-refractivity contribution in [1.29, 1.82) is 0 Å². The largest absolute Gasteiger partial charge is 0.437 e. The molecule has 0 unspecified atom stereocenters. The highest BCUT2D eigenvalue weighted by Crippen LogP contribution is 2.35. The summed E-state index contributed by atoms with van der Waals surface area (Å²) in [5, 5.41) is 1.13. The van der Waals surface area contributed by atoms with Crippen LogP contribution in [0, 0.1) is 0 Å². The number of rotatable bonds is 6. The summed E-state index contributed by atoms with van der Waals surface area (Å²) in [6.07, 6.45) is 3.10. The van der Waals surface area contributed by atoms with Crippen LogP contribution in [0.4, 0.5) is 5.69 Å². The molecule has 3 rings (SSSR count). The Bertz CT molecular complexity index is 1100. The van der Waals surface area contributed by atoms with Gasteiger partial charge in [0, 0.05) is 11.8 Å². The maximum atomic E-state index is 12.5. The van der Waals surface area contributed by atoms with Gasteiger partial charge in [-0.1, -0.05) is 69.3 Å². The van der Waals surface area contributed by atoms with Gasteiger partial charge in [-0.25, -0.2) is 13.4 Å². The Balaban J connectivity index is 1.86. The van der Waals surface area contributed by atoms with Crippen molar-refractivity contribution in [2.75, 3.05) is 4.72 Å². The molecule has 0 saturated carbocycles. The van der Waals surface area contributed by atoms with Gasteiger partial charge >= 0.3 is 0 Å². The van der Waals surface area contributed by atoms with Crippen molar-refractivity contribution in [3.05, 3.63) is 89.5 Å². The summed E-state index contributed by atoms with van der Waals surface area (Å²) < 4.78 is 33.6. The molecule has 0 aliphatic carbocycles. The summed E-state index contributed by atoms with van der Waals surface area (Å²) in [4.78, 5) is 4.23.